The number of methoxy groups -OCH3 is 1. The van der Waals surface area contributed by atoms with E-state index in [9.17, 15) is 9.59 Å². The van der Waals surface area contributed by atoms with Gasteiger partial charge in [-0.15, -0.1) is 0 Å². The number of amides is 1. The van der Waals surface area contributed by atoms with E-state index >= 15 is 0 Å². The average molecular weight is 359 g/mol. The average Bonchev–Trinajstić information content (AvgIpc) is 2.60. The molecule has 1 aromatic rings. The molecule has 1 amide bonds. The van der Waals surface area contributed by atoms with Crippen LogP contribution in [0.4, 0.5) is 4.79 Å². The summed E-state index contributed by atoms with van der Waals surface area (Å²) in [5.74, 6) is 1.47. The molecule has 3 rings (SSSR count). The van der Waals surface area contributed by atoms with E-state index < -0.39 is 5.60 Å². The van der Waals surface area contributed by atoms with E-state index in [4.69, 9.17) is 9.47 Å². The molecule has 0 saturated carbocycles. The number of ketones is 1. The van der Waals surface area contributed by atoms with Gasteiger partial charge in [-0.25, -0.2) is 4.79 Å². The molecule has 1 aromatic carbocycles. The van der Waals surface area contributed by atoms with Crippen molar-refractivity contribution in [3.8, 4) is 5.75 Å². The van der Waals surface area contributed by atoms with Crippen LogP contribution >= 0.6 is 0 Å². The fourth-order valence-electron chi connectivity index (χ4n) is 4.05. The molecular weight excluding hydrogens is 330 g/mol. The van der Waals surface area contributed by atoms with Crippen LogP contribution in [0.3, 0.4) is 0 Å². The molecule has 1 saturated heterocycles. The van der Waals surface area contributed by atoms with Gasteiger partial charge < -0.3 is 14.4 Å². The highest BCUT2D eigenvalue weighted by molar-refractivity contribution is 6.00. The third-order valence-corrected chi connectivity index (χ3v) is 5.40. The van der Waals surface area contributed by atoms with Crippen LogP contribution in [0.15, 0.2) is 18.2 Å². The van der Waals surface area contributed by atoms with Crippen molar-refractivity contribution < 1.29 is 19.1 Å². The Bertz CT molecular complexity index is 684. The molecular formula is C21H29NO4. The Morgan fingerprint density at radius 3 is 2.46 bits per heavy atom. The molecule has 1 unspecified atom stereocenters. The fraction of sp³-hybridized carbons (Fsp3) is 0.619. The number of hydrogen-bond donors (Lipinski definition) is 0. The van der Waals surface area contributed by atoms with Gasteiger partial charge >= 0.3 is 6.09 Å². The Balaban J connectivity index is 1.61. The van der Waals surface area contributed by atoms with E-state index in [0.717, 1.165) is 42.6 Å². The predicted molar refractivity (Wildman–Crippen MR) is 99.7 cm³/mol. The maximum atomic E-state index is 13.0. The van der Waals surface area contributed by atoms with Gasteiger partial charge in [0.05, 0.1) is 7.11 Å². The monoisotopic (exact) mass is 359 g/mol. The van der Waals surface area contributed by atoms with Crippen molar-refractivity contribution in [2.45, 2.75) is 52.1 Å². The molecule has 1 atom stereocenters. The molecule has 1 aliphatic heterocycles. The first-order valence-corrected chi connectivity index (χ1v) is 9.47. The van der Waals surface area contributed by atoms with E-state index in [0.29, 0.717) is 19.0 Å². The third-order valence-electron chi connectivity index (χ3n) is 5.40. The second kappa shape index (κ2) is 7.29. The lowest BCUT2D eigenvalue weighted by Crippen LogP contribution is -2.44. The van der Waals surface area contributed by atoms with Crippen LogP contribution in [0.5, 0.6) is 5.75 Å². The molecule has 1 heterocycles. The van der Waals surface area contributed by atoms with Crippen LogP contribution < -0.4 is 4.74 Å². The topological polar surface area (TPSA) is 55.8 Å². The Labute approximate surface area is 155 Å². The summed E-state index contributed by atoms with van der Waals surface area (Å²) in [7, 11) is 1.65. The van der Waals surface area contributed by atoms with Crippen LogP contribution in [0.1, 0.15) is 56.0 Å². The molecule has 5 nitrogen and oxygen atoms in total. The van der Waals surface area contributed by atoms with E-state index in [-0.39, 0.29) is 17.8 Å². The summed E-state index contributed by atoms with van der Waals surface area (Å²) in [5.41, 5.74) is 1.46. The van der Waals surface area contributed by atoms with Crippen LogP contribution in [-0.2, 0) is 11.2 Å². The van der Waals surface area contributed by atoms with Crippen molar-refractivity contribution in [3.05, 3.63) is 29.3 Å². The van der Waals surface area contributed by atoms with Gasteiger partial charge in [0.1, 0.15) is 11.4 Å². The summed E-state index contributed by atoms with van der Waals surface area (Å²) >= 11 is 0. The molecule has 0 aromatic heterocycles. The summed E-state index contributed by atoms with van der Waals surface area (Å²) in [4.78, 5) is 27.0. The van der Waals surface area contributed by atoms with Crippen molar-refractivity contribution in [2.24, 2.45) is 11.8 Å². The Morgan fingerprint density at radius 2 is 1.85 bits per heavy atom. The zero-order valence-electron chi connectivity index (χ0n) is 16.2. The first-order chi connectivity index (χ1) is 12.3. The summed E-state index contributed by atoms with van der Waals surface area (Å²) in [5, 5.41) is 0. The number of rotatable bonds is 2. The Kier molecular flexibility index (Phi) is 5.26. The number of aryl methyl sites for hydroxylation is 1. The summed E-state index contributed by atoms with van der Waals surface area (Å²) in [6.45, 7) is 6.97. The summed E-state index contributed by atoms with van der Waals surface area (Å²) < 4.78 is 10.7. The number of piperidine rings is 1. The smallest absolute Gasteiger partial charge is 0.410 e. The van der Waals surface area contributed by atoms with Crippen LogP contribution in [0.25, 0.3) is 0 Å². The van der Waals surface area contributed by atoms with E-state index in [1.165, 1.54) is 0 Å². The van der Waals surface area contributed by atoms with Gasteiger partial charge in [-0.2, -0.15) is 0 Å². The Hall–Kier alpha value is -2.04. The second-order valence-electron chi connectivity index (χ2n) is 8.34. The van der Waals surface area contributed by atoms with E-state index in [1.807, 2.05) is 39.0 Å². The standard InChI is InChI=1S/C21H29NO4/c1-21(2,3)26-20(24)22-11-9-14(10-12-22)17-7-5-15-13-16(25-4)6-8-18(15)19(17)23/h6,8,13-14,17H,5,7,9-12H2,1-4H3. The highest BCUT2D eigenvalue weighted by Crippen LogP contribution is 2.36. The number of carbonyl (C=O) groups excluding carboxylic acids is 2. The van der Waals surface area contributed by atoms with Crippen molar-refractivity contribution >= 4 is 11.9 Å². The predicted octanol–water partition coefficient (Wildman–Crippen LogP) is 4.09. The number of Topliss-reactive ketones (excluding diaryl/α,β-unsaturated/α-hetero) is 1. The van der Waals surface area contributed by atoms with Gasteiger partial charge in [-0.3, -0.25) is 4.79 Å². The quantitative estimate of drug-likeness (QED) is 0.798. The molecule has 2 aliphatic rings. The zero-order chi connectivity index (χ0) is 18.9. The number of likely N-dealkylation sites (tertiary alicyclic amines) is 1. The van der Waals surface area contributed by atoms with Crippen molar-refractivity contribution in [3.63, 3.8) is 0 Å². The number of ether oxygens (including phenoxy) is 2. The lowest BCUT2D eigenvalue weighted by molar-refractivity contribution is 0.0159. The largest absolute Gasteiger partial charge is 0.497 e. The Morgan fingerprint density at radius 1 is 1.15 bits per heavy atom. The van der Waals surface area contributed by atoms with Gasteiger partial charge in [0.25, 0.3) is 0 Å². The van der Waals surface area contributed by atoms with Gasteiger partial charge in [-0.05, 0) is 76.1 Å². The van der Waals surface area contributed by atoms with E-state index in [2.05, 4.69) is 0 Å². The van der Waals surface area contributed by atoms with Gasteiger partial charge in [0, 0.05) is 24.6 Å². The number of hydrogen-bond acceptors (Lipinski definition) is 4. The highest BCUT2D eigenvalue weighted by Gasteiger charge is 2.36. The molecule has 5 heteroatoms. The molecule has 0 bridgehead atoms. The maximum absolute atomic E-state index is 13.0. The zero-order valence-corrected chi connectivity index (χ0v) is 16.2. The van der Waals surface area contributed by atoms with Crippen molar-refractivity contribution in [1.82, 2.24) is 4.90 Å². The first-order valence-electron chi connectivity index (χ1n) is 9.47. The molecule has 142 valence electrons. The fourth-order valence-corrected chi connectivity index (χ4v) is 4.05. The van der Waals surface area contributed by atoms with Gasteiger partial charge in [0.2, 0.25) is 0 Å². The van der Waals surface area contributed by atoms with Crippen LogP contribution in [0, 0.1) is 11.8 Å². The molecule has 0 spiro atoms. The molecule has 0 radical (unpaired) electrons. The third kappa shape index (κ3) is 4.02. The van der Waals surface area contributed by atoms with Gasteiger partial charge in [-0.1, -0.05) is 0 Å². The molecule has 1 fully saturated rings. The number of nitrogens with zero attached hydrogens (tertiary/aromatic N) is 1. The minimum absolute atomic E-state index is 0.0664. The van der Waals surface area contributed by atoms with Gasteiger partial charge in [0.15, 0.2) is 5.78 Å². The molecule has 1 aliphatic carbocycles. The van der Waals surface area contributed by atoms with Crippen molar-refractivity contribution in [2.75, 3.05) is 20.2 Å². The maximum Gasteiger partial charge on any atom is 0.410 e. The first kappa shape index (κ1) is 18.7. The SMILES string of the molecule is COc1ccc2c(c1)CCC(C1CCN(C(=O)OC(C)(C)C)CC1)C2=O. The lowest BCUT2D eigenvalue weighted by Gasteiger charge is -2.37. The van der Waals surface area contributed by atoms with Crippen LogP contribution in [0.2, 0.25) is 0 Å². The van der Waals surface area contributed by atoms with Crippen molar-refractivity contribution in [1.29, 1.82) is 0 Å². The summed E-state index contributed by atoms with van der Waals surface area (Å²) in [6, 6.07) is 5.75. The second-order valence-corrected chi connectivity index (χ2v) is 8.34. The highest BCUT2D eigenvalue weighted by atomic mass is 16.6. The van der Waals surface area contributed by atoms with E-state index in [1.54, 1.807) is 12.0 Å². The normalized spacial score (nSPS) is 21.3. The lowest BCUT2D eigenvalue weighted by atomic mass is 9.73. The minimum atomic E-state index is -0.474. The molecule has 26 heavy (non-hydrogen) atoms. The number of carbonyl (C=O) groups is 2. The molecule has 0 N–H and O–H groups in total. The number of fused-ring (bicyclic) bond motifs is 1. The number of benzene rings is 1. The summed E-state index contributed by atoms with van der Waals surface area (Å²) in [6.07, 6.45) is 3.27. The minimum Gasteiger partial charge on any atom is -0.497 e. The van der Waals surface area contributed by atoms with Crippen LogP contribution in [-0.4, -0.2) is 42.6 Å².